The van der Waals surface area contributed by atoms with Crippen molar-refractivity contribution in [2.45, 2.75) is 6.42 Å². The minimum atomic E-state index is -0.238. The summed E-state index contributed by atoms with van der Waals surface area (Å²) in [6, 6.07) is 13.5. The second kappa shape index (κ2) is 8.14. The van der Waals surface area contributed by atoms with E-state index >= 15 is 0 Å². The molecule has 1 heterocycles. The van der Waals surface area contributed by atoms with Gasteiger partial charge < -0.3 is 10.6 Å². The first-order valence-corrected chi connectivity index (χ1v) is 8.40. The molecule has 3 rings (SSSR count). The fourth-order valence-corrected chi connectivity index (χ4v) is 2.57. The van der Waals surface area contributed by atoms with Gasteiger partial charge in [0.25, 0.3) is 0 Å². The van der Waals surface area contributed by atoms with Crippen molar-refractivity contribution in [1.82, 2.24) is 9.97 Å². The molecule has 0 saturated heterocycles. The van der Waals surface area contributed by atoms with Gasteiger partial charge in [0.2, 0.25) is 5.95 Å². The van der Waals surface area contributed by atoms with Crippen molar-refractivity contribution < 1.29 is 4.39 Å². The van der Waals surface area contributed by atoms with Crippen LogP contribution in [0.3, 0.4) is 0 Å². The van der Waals surface area contributed by atoms with Gasteiger partial charge in [-0.15, -0.1) is 0 Å². The Morgan fingerprint density at radius 1 is 1.00 bits per heavy atom. The second-order valence-corrected chi connectivity index (χ2v) is 6.08. The third-order valence-corrected chi connectivity index (χ3v) is 4.30. The normalized spacial score (nSPS) is 10.5. The number of hydrogen-bond acceptors (Lipinski definition) is 4. The molecule has 0 atom stereocenters. The number of aromatic nitrogens is 2. The number of nitrogens with one attached hydrogen (secondary N) is 2. The lowest BCUT2D eigenvalue weighted by molar-refractivity contribution is 0.627. The first kappa shape index (κ1) is 17.5. The maximum atomic E-state index is 12.9. The summed E-state index contributed by atoms with van der Waals surface area (Å²) < 4.78 is 12.9. The Morgan fingerprint density at radius 2 is 1.80 bits per heavy atom. The molecule has 0 fully saturated rings. The molecule has 2 aromatic carbocycles. The zero-order valence-corrected chi connectivity index (χ0v) is 14.7. The summed E-state index contributed by atoms with van der Waals surface area (Å²) in [7, 11) is 0. The number of benzene rings is 2. The molecule has 1 aromatic heterocycles. The summed E-state index contributed by atoms with van der Waals surface area (Å²) >= 11 is 12.2. The van der Waals surface area contributed by atoms with Crippen LogP contribution in [0.5, 0.6) is 0 Å². The maximum Gasteiger partial charge on any atom is 0.224 e. The molecule has 0 aliphatic carbocycles. The van der Waals surface area contributed by atoms with Crippen molar-refractivity contribution in [3.63, 3.8) is 0 Å². The lowest BCUT2D eigenvalue weighted by atomic mass is 10.1. The summed E-state index contributed by atoms with van der Waals surface area (Å²) in [5.74, 6) is 0.854. The van der Waals surface area contributed by atoms with E-state index in [1.165, 1.54) is 12.1 Å². The highest BCUT2D eigenvalue weighted by molar-refractivity contribution is 6.43. The summed E-state index contributed by atoms with van der Waals surface area (Å²) in [6.45, 7) is 0.632. The highest BCUT2D eigenvalue weighted by Gasteiger charge is 2.06. The van der Waals surface area contributed by atoms with Crippen LogP contribution in [0.1, 0.15) is 5.56 Å². The van der Waals surface area contributed by atoms with Crippen LogP contribution in [0.15, 0.2) is 54.7 Å². The van der Waals surface area contributed by atoms with Gasteiger partial charge in [-0.3, -0.25) is 0 Å². The van der Waals surface area contributed by atoms with Crippen LogP contribution in [-0.2, 0) is 6.42 Å². The molecule has 0 amide bonds. The summed E-state index contributed by atoms with van der Waals surface area (Å²) in [5, 5.41) is 7.17. The van der Waals surface area contributed by atoms with Crippen LogP contribution in [0, 0.1) is 5.82 Å². The number of anilines is 3. The summed E-state index contributed by atoms with van der Waals surface area (Å²) in [5.41, 5.74) is 1.71. The molecule has 3 aromatic rings. The number of hydrogen-bond donors (Lipinski definition) is 2. The van der Waals surface area contributed by atoms with Gasteiger partial charge in [-0.25, -0.2) is 9.37 Å². The predicted molar refractivity (Wildman–Crippen MR) is 100 cm³/mol. The minimum Gasteiger partial charge on any atom is -0.354 e. The van der Waals surface area contributed by atoms with Crippen LogP contribution in [0.4, 0.5) is 21.8 Å². The quantitative estimate of drug-likeness (QED) is 0.610. The molecule has 0 unspecified atom stereocenters. The molecule has 0 aliphatic rings. The van der Waals surface area contributed by atoms with Crippen molar-refractivity contribution in [1.29, 1.82) is 0 Å². The van der Waals surface area contributed by atoms with Crippen molar-refractivity contribution >= 4 is 40.7 Å². The van der Waals surface area contributed by atoms with Crippen LogP contribution in [-0.4, -0.2) is 16.5 Å². The number of rotatable bonds is 6. The van der Waals surface area contributed by atoms with Crippen molar-refractivity contribution in [2.75, 3.05) is 17.2 Å². The van der Waals surface area contributed by atoms with Gasteiger partial charge >= 0.3 is 0 Å². The number of nitrogens with zero attached hydrogens (tertiary/aromatic N) is 2. The second-order valence-electron chi connectivity index (χ2n) is 5.30. The molecule has 25 heavy (non-hydrogen) atoms. The van der Waals surface area contributed by atoms with Crippen LogP contribution >= 0.6 is 23.2 Å². The molecule has 7 heteroatoms. The van der Waals surface area contributed by atoms with E-state index in [-0.39, 0.29) is 5.82 Å². The highest BCUT2D eigenvalue weighted by atomic mass is 35.5. The molecule has 4 nitrogen and oxygen atoms in total. The van der Waals surface area contributed by atoms with E-state index in [1.807, 2.05) is 6.07 Å². The average molecular weight is 377 g/mol. The zero-order chi connectivity index (χ0) is 17.6. The van der Waals surface area contributed by atoms with E-state index in [2.05, 4.69) is 20.6 Å². The number of halogens is 3. The first-order chi connectivity index (χ1) is 12.1. The van der Waals surface area contributed by atoms with Crippen molar-refractivity contribution in [3.05, 3.63) is 76.2 Å². The Morgan fingerprint density at radius 3 is 2.60 bits per heavy atom. The Balaban J connectivity index is 1.61. The molecule has 0 aliphatic heterocycles. The highest BCUT2D eigenvalue weighted by Crippen LogP contribution is 2.31. The average Bonchev–Trinajstić information content (AvgIpc) is 2.61. The van der Waals surface area contributed by atoms with E-state index in [0.717, 1.165) is 12.0 Å². The standard InChI is InChI=1S/C18H15Cl2FN4/c19-14-2-1-3-15(17(14)20)24-16-9-11-23-18(25-16)22-10-8-12-4-6-13(21)7-5-12/h1-7,9,11H,8,10H2,(H2,22,23,24,25). The van der Waals surface area contributed by atoms with Gasteiger partial charge in [0.05, 0.1) is 15.7 Å². The Kier molecular flexibility index (Phi) is 5.68. The Bertz CT molecular complexity index is 856. The van der Waals surface area contributed by atoms with Gasteiger partial charge in [-0.1, -0.05) is 41.4 Å². The molecular formula is C18H15Cl2FN4. The van der Waals surface area contributed by atoms with Gasteiger partial charge in [0.15, 0.2) is 0 Å². The first-order valence-electron chi connectivity index (χ1n) is 7.64. The van der Waals surface area contributed by atoms with Gasteiger partial charge in [0.1, 0.15) is 11.6 Å². The van der Waals surface area contributed by atoms with Crippen LogP contribution in [0.2, 0.25) is 10.0 Å². The fourth-order valence-electron chi connectivity index (χ4n) is 2.22. The van der Waals surface area contributed by atoms with Gasteiger partial charge in [0, 0.05) is 12.7 Å². The fraction of sp³-hybridized carbons (Fsp3) is 0.111. The monoisotopic (exact) mass is 376 g/mol. The zero-order valence-electron chi connectivity index (χ0n) is 13.1. The van der Waals surface area contributed by atoms with E-state index in [1.54, 1.807) is 36.5 Å². The van der Waals surface area contributed by atoms with Crippen molar-refractivity contribution in [3.8, 4) is 0 Å². The summed E-state index contributed by atoms with van der Waals surface area (Å²) in [6.07, 6.45) is 2.38. The summed E-state index contributed by atoms with van der Waals surface area (Å²) in [4.78, 5) is 8.57. The smallest absolute Gasteiger partial charge is 0.224 e. The van der Waals surface area contributed by atoms with Gasteiger partial charge in [-0.2, -0.15) is 4.98 Å². The van der Waals surface area contributed by atoms with Crippen LogP contribution < -0.4 is 10.6 Å². The molecule has 128 valence electrons. The third-order valence-electron chi connectivity index (χ3n) is 3.48. The molecule has 0 spiro atoms. The third kappa shape index (κ3) is 4.81. The molecular weight excluding hydrogens is 362 g/mol. The molecule has 2 N–H and O–H groups in total. The molecule has 0 radical (unpaired) electrons. The SMILES string of the molecule is Fc1ccc(CCNc2nccc(Nc3cccc(Cl)c3Cl)n2)cc1. The van der Waals surface area contributed by atoms with Crippen molar-refractivity contribution in [2.24, 2.45) is 0 Å². The van der Waals surface area contributed by atoms with E-state index in [0.29, 0.717) is 34.0 Å². The van der Waals surface area contributed by atoms with E-state index < -0.39 is 0 Å². The Labute approximate surface area is 155 Å². The van der Waals surface area contributed by atoms with Gasteiger partial charge in [-0.05, 0) is 42.3 Å². The minimum absolute atomic E-state index is 0.238. The largest absolute Gasteiger partial charge is 0.354 e. The maximum absolute atomic E-state index is 12.9. The molecule has 0 saturated carbocycles. The Hall–Kier alpha value is -2.37. The lowest BCUT2D eigenvalue weighted by Crippen LogP contribution is -2.08. The lowest BCUT2D eigenvalue weighted by Gasteiger charge is -2.10. The molecule has 0 bridgehead atoms. The topological polar surface area (TPSA) is 49.8 Å². The predicted octanol–water partition coefficient (Wildman–Crippen LogP) is 5.32. The van der Waals surface area contributed by atoms with E-state index in [9.17, 15) is 4.39 Å². The van der Waals surface area contributed by atoms with E-state index in [4.69, 9.17) is 23.2 Å². The van der Waals surface area contributed by atoms with Crippen LogP contribution in [0.25, 0.3) is 0 Å².